The molecule has 2 aliphatic carbocycles. The lowest BCUT2D eigenvalue weighted by molar-refractivity contribution is 0.169. The van der Waals surface area contributed by atoms with Gasteiger partial charge in [0.1, 0.15) is 0 Å². The van der Waals surface area contributed by atoms with Crippen LogP contribution in [0.4, 0.5) is 0 Å². The van der Waals surface area contributed by atoms with Gasteiger partial charge in [0, 0.05) is 0 Å². The molecule has 2 saturated carbocycles. The Morgan fingerprint density at radius 3 is 2.00 bits per heavy atom. The lowest BCUT2D eigenvalue weighted by atomic mass is 10.0. The highest BCUT2D eigenvalue weighted by molar-refractivity contribution is 4.90. The zero-order valence-electron chi connectivity index (χ0n) is 6.59. The van der Waals surface area contributed by atoms with Gasteiger partial charge in [-0.2, -0.15) is 0 Å². The molecule has 2 unspecified atom stereocenters. The summed E-state index contributed by atoms with van der Waals surface area (Å²) in [5.74, 6) is 2.69. The minimum Gasteiger partial charge on any atom is -0.393 e. The summed E-state index contributed by atoms with van der Waals surface area (Å²) in [6, 6.07) is 0. The first-order chi connectivity index (χ1) is 4.75. The molecule has 1 N–H and O–H groups in total. The maximum atomic E-state index is 9.32. The van der Waals surface area contributed by atoms with Gasteiger partial charge in [0.15, 0.2) is 0 Å². The van der Waals surface area contributed by atoms with Gasteiger partial charge in [0.05, 0.1) is 6.10 Å². The van der Waals surface area contributed by atoms with Crippen LogP contribution < -0.4 is 0 Å². The smallest absolute Gasteiger partial charge is 0.0545 e. The summed E-state index contributed by atoms with van der Waals surface area (Å²) in [7, 11) is 0. The molecule has 0 heterocycles. The van der Waals surface area contributed by atoms with Crippen molar-refractivity contribution in [1.29, 1.82) is 0 Å². The van der Waals surface area contributed by atoms with E-state index in [0.717, 1.165) is 30.6 Å². The number of hydrogen-bond donors (Lipinski definition) is 1. The Balaban J connectivity index is 2.00. The first-order valence-corrected chi connectivity index (χ1v) is 4.43. The van der Waals surface area contributed by atoms with Crippen LogP contribution in [0.2, 0.25) is 0 Å². The van der Waals surface area contributed by atoms with Crippen molar-refractivity contribution in [2.75, 3.05) is 0 Å². The van der Waals surface area contributed by atoms with Crippen LogP contribution in [0.5, 0.6) is 0 Å². The third-order valence-corrected chi connectivity index (χ3v) is 3.23. The third-order valence-electron chi connectivity index (χ3n) is 3.23. The summed E-state index contributed by atoms with van der Waals surface area (Å²) >= 11 is 0. The SMILES string of the molecule is CC1C[C@@H]2CC(O)C[C@@H]2C1. The van der Waals surface area contributed by atoms with Crippen molar-refractivity contribution in [1.82, 2.24) is 0 Å². The van der Waals surface area contributed by atoms with Crippen LogP contribution >= 0.6 is 0 Å². The van der Waals surface area contributed by atoms with Crippen molar-refractivity contribution in [3.8, 4) is 0 Å². The van der Waals surface area contributed by atoms with E-state index in [-0.39, 0.29) is 6.10 Å². The van der Waals surface area contributed by atoms with E-state index in [1.807, 2.05) is 0 Å². The molecule has 0 aromatic heterocycles. The highest BCUT2D eigenvalue weighted by Crippen LogP contribution is 2.46. The standard InChI is InChI=1S/C9H16O/c1-6-2-7-4-9(10)5-8(7)3-6/h6-10H,2-5H2,1H3/t6?,7-,8+,9?. The Hall–Kier alpha value is -0.0400. The van der Waals surface area contributed by atoms with E-state index in [4.69, 9.17) is 0 Å². The van der Waals surface area contributed by atoms with Crippen molar-refractivity contribution < 1.29 is 5.11 Å². The van der Waals surface area contributed by atoms with Crippen LogP contribution in [-0.4, -0.2) is 11.2 Å². The van der Waals surface area contributed by atoms with Crippen LogP contribution in [0.3, 0.4) is 0 Å². The molecule has 0 spiro atoms. The predicted octanol–water partition coefficient (Wildman–Crippen LogP) is 1.80. The van der Waals surface area contributed by atoms with Gasteiger partial charge in [-0.1, -0.05) is 6.92 Å². The molecule has 0 aromatic rings. The Bertz CT molecular complexity index is 105. The van der Waals surface area contributed by atoms with Crippen LogP contribution in [0, 0.1) is 17.8 Å². The van der Waals surface area contributed by atoms with Crippen molar-refractivity contribution in [2.24, 2.45) is 17.8 Å². The molecular formula is C9H16O. The van der Waals surface area contributed by atoms with Gasteiger partial charge in [-0.15, -0.1) is 0 Å². The van der Waals surface area contributed by atoms with Crippen molar-refractivity contribution >= 4 is 0 Å². The summed E-state index contributed by atoms with van der Waals surface area (Å²) in [5, 5.41) is 9.32. The molecule has 10 heavy (non-hydrogen) atoms. The molecule has 58 valence electrons. The highest BCUT2D eigenvalue weighted by atomic mass is 16.3. The predicted molar refractivity (Wildman–Crippen MR) is 40.6 cm³/mol. The van der Waals surface area contributed by atoms with E-state index < -0.39 is 0 Å². The normalized spacial score (nSPS) is 53.4. The molecule has 0 aliphatic heterocycles. The van der Waals surface area contributed by atoms with E-state index in [1.165, 1.54) is 12.8 Å². The molecule has 2 aliphatic rings. The van der Waals surface area contributed by atoms with E-state index in [9.17, 15) is 5.11 Å². The molecule has 0 saturated heterocycles. The number of aliphatic hydroxyl groups is 1. The lowest BCUT2D eigenvalue weighted by Crippen LogP contribution is -2.01. The molecule has 0 radical (unpaired) electrons. The van der Waals surface area contributed by atoms with Gasteiger partial charge in [-0.3, -0.25) is 0 Å². The monoisotopic (exact) mass is 140 g/mol. The number of aliphatic hydroxyl groups excluding tert-OH is 1. The maximum Gasteiger partial charge on any atom is 0.0545 e. The fourth-order valence-electron chi connectivity index (χ4n) is 2.89. The first kappa shape index (κ1) is 6.66. The minimum atomic E-state index is 0.0440. The molecule has 0 aromatic carbocycles. The lowest BCUT2D eigenvalue weighted by Gasteiger charge is -2.04. The number of fused-ring (bicyclic) bond motifs is 1. The summed E-state index contributed by atoms with van der Waals surface area (Å²) in [5.41, 5.74) is 0. The minimum absolute atomic E-state index is 0.0440. The van der Waals surface area contributed by atoms with Crippen LogP contribution in [0.1, 0.15) is 32.6 Å². The van der Waals surface area contributed by atoms with Gasteiger partial charge in [0.25, 0.3) is 0 Å². The van der Waals surface area contributed by atoms with Crippen LogP contribution in [0.25, 0.3) is 0 Å². The number of rotatable bonds is 0. The highest BCUT2D eigenvalue weighted by Gasteiger charge is 2.39. The second-order valence-corrected chi connectivity index (χ2v) is 4.22. The molecule has 1 heteroatoms. The number of hydrogen-bond acceptors (Lipinski definition) is 1. The van der Waals surface area contributed by atoms with E-state index in [2.05, 4.69) is 6.92 Å². The fourth-order valence-corrected chi connectivity index (χ4v) is 2.89. The summed E-state index contributed by atoms with van der Waals surface area (Å²) in [6.45, 7) is 2.34. The van der Waals surface area contributed by atoms with Gasteiger partial charge in [-0.25, -0.2) is 0 Å². The Morgan fingerprint density at radius 2 is 1.50 bits per heavy atom. The Morgan fingerprint density at radius 1 is 1.00 bits per heavy atom. The van der Waals surface area contributed by atoms with E-state index >= 15 is 0 Å². The average Bonchev–Trinajstić information content (AvgIpc) is 2.21. The van der Waals surface area contributed by atoms with Crippen molar-refractivity contribution in [3.63, 3.8) is 0 Å². The van der Waals surface area contributed by atoms with Crippen molar-refractivity contribution in [3.05, 3.63) is 0 Å². The fraction of sp³-hybridized carbons (Fsp3) is 1.00. The van der Waals surface area contributed by atoms with Crippen LogP contribution in [-0.2, 0) is 0 Å². The summed E-state index contributed by atoms with van der Waals surface area (Å²) < 4.78 is 0. The summed E-state index contributed by atoms with van der Waals surface area (Å²) in [4.78, 5) is 0. The molecule has 4 atom stereocenters. The van der Waals surface area contributed by atoms with E-state index in [1.54, 1.807) is 0 Å². The van der Waals surface area contributed by atoms with Crippen molar-refractivity contribution in [2.45, 2.75) is 38.7 Å². The van der Waals surface area contributed by atoms with Gasteiger partial charge in [0.2, 0.25) is 0 Å². The quantitative estimate of drug-likeness (QED) is 0.544. The Kier molecular flexibility index (Phi) is 1.48. The largest absolute Gasteiger partial charge is 0.393 e. The molecule has 1 nitrogen and oxygen atoms in total. The molecule has 2 fully saturated rings. The molecular weight excluding hydrogens is 124 g/mol. The zero-order valence-corrected chi connectivity index (χ0v) is 6.59. The van der Waals surface area contributed by atoms with Crippen LogP contribution in [0.15, 0.2) is 0 Å². The molecule has 2 rings (SSSR count). The molecule has 0 bridgehead atoms. The van der Waals surface area contributed by atoms with Gasteiger partial charge in [-0.05, 0) is 43.4 Å². The topological polar surface area (TPSA) is 20.2 Å². The van der Waals surface area contributed by atoms with Gasteiger partial charge >= 0.3 is 0 Å². The summed E-state index contributed by atoms with van der Waals surface area (Å²) in [6.07, 6.45) is 4.98. The average molecular weight is 140 g/mol. The maximum absolute atomic E-state index is 9.32. The third kappa shape index (κ3) is 0.968. The molecule has 0 amide bonds. The second-order valence-electron chi connectivity index (χ2n) is 4.22. The Labute approximate surface area is 62.4 Å². The van der Waals surface area contributed by atoms with E-state index in [0.29, 0.717) is 0 Å². The first-order valence-electron chi connectivity index (χ1n) is 4.43. The van der Waals surface area contributed by atoms with Gasteiger partial charge < -0.3 is 5.11 Å². The second kappa shape index (κ2) is 2.23. The zero-order chi connectivity index (χ0) is 7.14.